The first-order chi connectivity index (χ1) is 7.30. The van der Waals surface area contributed by atoms with Crippen LogP contribution in [0.15, 0.2) is 0 Å². The molecule has 6 heteroatoms. The van der Waals surface area contributed by atoms with Gasteiger partial charge in [0.1, 0.15) is 0 Å². The zero-order valence-corrected chi connectivity index (χ0v) is 9.13. The maximum Gasteiger partial charge on any atom is 0.403 e. The molecule has 0 aromatic heterocycles. The van der Waals surface area contributed by atoms with Crippen LogP contribution in [0.5, 0.6) is 0 Å². The van der Waals surface area contributed by atoms with Crippen molar-refractivity contribution in [2.45, 2.75) is 25.9 Å². The first kappa shape index (κ1) is 13.3. The summed E-state index contributed by atoms with van der Waals surface area (Å²) >= 11 is 0. The lowest BCUT2D eigenvalue weighted by molar-refractivity contribution is -0.197. The normalized spacial score (nSPS) is 22.0. The summed E-state index contributed by atoms with van der Waals surface area (Å²) in [5.74, 6) is -3.53. The molecule has 1 rings (SSSR count). The average Bonchev–Trinajstić information content (AvgIpc) is 2.14. The fourth-order valence-electron chi connectivity index (χ4n) is 1.82. The van der Waals surface area contributed by atoms with Crippen molar-refractivity contribution in [1.29, 1.82) is 0 Å². The predicted molar refractivity (Wildman–Crippen MR) is 52.0 cm³/mol. The number of hydrogen-bond acceptors (Lipinski definition) is 2. The summed E-state index contributed by atoms with van der Waals surface area (Å²) in [6, 6.07) is 0. The number of aliphatic carboxylic acids is 1. The van der Waals surface area contributed by atoms with E-state index in [9.17, 15) is 18.0 Å². The van der Waals surface area contributed by atoms with E-state index < -0.39 is 24.6 Å². The Balaban J connectivity index is 2.53. The number of rotatable bonds is 3. The van der Waals surface area contributed by atoms with Crippen LogP contribution in [-0.2, 0) is 4.79 Å². The van der Waals surface area contributed by atoms with Gasteiger partial charge in [-0.1, -0.05) is 6.92 Å². The van der Waals surface area contributed by atoms with Gasteiger partial charge in [-0.15, -0.1) is 0 Å². The third kappa shape index (κ3) is 3.66. The third-order valence-electron chi connectivity index (χ3n) is 3.01. The van der Waals surface area contributed by atoms with Crippen molar-refractivity contribution in [3.8, 4) is 0 Å². The molecule has 3 nitrogen and oxygen atoms in total. The summed E-state index contributed by atoms with van der Waals surface area (Å²) in [4.78, 5) is 12.1. The summed E-state index contributed by atoms with van der Waals surface area (Å²) in [5.41, 5.74) is 0. The predicted octanol–water partition coefficient (Wildman–Crippen LogP) is 1.98. The van der Waals surface area contributed by atoms with Gasteiger partial charge < -0.3 is 10.0 Å². The van der Waals surface area contributed by atoms with Gasteiger partial charge >= 0.3 is 12.1 Å². The van der Waals surface area contributed by atoms with Crippen molar-refractivity contribution in [3.63, 3.8) is 0 Å². The first-order valence-corrected chi connectivity index (χ1v) is 5.32. The molecular formula is C10H16F3NO2. The first-order valence-electron chi connectivity index (χ1n) is 5.32. The standard InChI is InChI=1S/C10H16F3NO2/c1-7-2-4-14(5-3-7)6-8(9(15)16)10(11,12)13/h7-8H,2-6H2,1H3,(H,15,16). The van der Waals surface area contributed by atoms with E-state index in [4.69, 9.17) is 5.11 Å². The molecule has 1 atom stereocenters. The monoisotopic (exact) mass is 239 g/mol. The largest absolute Gasteiger partial charge is 0.481 e. The molecule has 0 amide bonds. The number of alkyl halides is 3. The van der Waals surface area contributed by atoms with E-state index in [2.05, 4.69) is 6.92 Å². The Morgan fingerprint density at radius 3 is 2.31 bits per heavy atom. The topological polar surface area (TPSA) is 40.5 Å². The van der Waals surface area contributed by atoms with Gasteiger partial charge in [0.25, 0.3) is 0 Å². The Morgan fingerprint density at radius 1 is 1.44 bits per heavy atom. The fraction of sp³-hybridized carbons (Fsp3) is 0.900. The van der Waals surface area contributed by atoms with Crippen molar-refractivity contribution in [3.05, 3.63) is 0 Å². The molecule has 1 aliphatic heterocycles. The van der Waals surface area contributed by atoms with E-state index in [0.29, 0.717) is 19.0 Å². The number of carboxylic acid groups (broad SMARTS) is 1. The van der Waals surface area contributed by atoms with E-state index in [1.165, 1.54) is 0 Å². The highest BCUT2D eigenvalue weighted by atomic mass is 19.4. The second-order valence-electron chi connectivity index (χ2n) is 4.42. The molecule has 1 aliphatic rings. The molecule has 0 radical (unpaired) electrons. The molecule has 1 N–H and O–H groups in total. The van der Waals surface area contributed by atoms with E-state index in [-0.39, 0.29) is 0 Å². The lowest BCUT2D eigenvalue weighted by Gasteiger charge is -2.32. The number of hydrogen-bond donors (Lipinski definition) is 1. The molecule has 0 aromatic rings. The molecule has 16 heavy (non-hydrogen) atoms. The van der Waals surface area contributed by atoms with E-state index >= 15 is 0 Å². The number of halogens is 3. The van der Waals surface area contributed by atoms with Gasteiger partial charge in [-0.3, -0.25) is 4.79 Å². The molecule has 0 aromatic carbocycles. The Labute approximate surface area is 92.2 Å². The second-order valence-corrected chi connectivity index (χ2v) is 4.42. The quantitative estimate of drug-likeness (QED) is 0.818. The van der Waals surface area contributed by atoms with Crippen LogP contribution in [0, 0.1) is 11.8 Å². The van der Waals surface area contributed by atoms with Crippen molar-refractivity contribution < 1.29 is 23.1 Å². The molecule has 0 spiro atoms. The Morgan fingerprint density at radius 2 is 1.94 bits per heavy atom. The van der Waals surface area contributed by atoms with E-state index in [1.807, 2.05) is 0 Å². The van der Waals surface area contributed by atoms with Gasteiger partial charge in [-0.05, 0) is 31.8 Å². The van der Waals surface area contributed by atoms with Gasteiger partial charge in [0, 0.05) is 6.54 Å². The molecule has 94 valence electrons. The maximum atomic E-state index is 12.4. The lowest BCUT2D eigenvalue weighted by atomic mass is 9.98. The van der Waals surface area contributed by atoms with Crippen LogP contribution in [0.2, 0.25) is 0 Å². The lowest BCUT2D eigenvalue weighted by Crippen LogP contribution is -2.44. The molecular weight excluding hydrogens is 223 g/mol. The van der Waals surface area contributed by atoms with E-state index in [1.54, 1.807) is 4.90 Å². The van der Waals surface area contributed by atoms with Crippen LogP contribution >= 0.6 is 0 Å². The van der Waals surface area contributed by atoms with Crippen LogP contribution in [0.3, 0.4) is 0 Å². The molecule has 1 unspecified atom stereocenters. The van der Waals surface area contributed by atoms with Gasteiger partial charge in [-0.25, -0.2) is 0 Å². The molecule has 0 saturated carbocycles. The molecule has 1 heterocycles. The number of carboxylic acids is 1. The molecule has 0 aliphatic carbocycles. The third-order valence-corrected chi connectivity index (χ3v) is 3.01. The van der Waals surface area contributed by atoms with Gasteiger partial charge in [0.05, 0.1) is 0 Å². The Hall–Kier alpha value is -0.780. The van der Waals surface area contributed by atoms with Gasteiger partial charge in [0.15, 0.2) is 5.92 Å². The van der Waals surface area contributed by atoms with Crippen LogP contribution in [0.4, 0.5) is 13.2 Å². The van der Waals surface area contributed by atoms with Crippen LogP contribution in [-0.4, -0.2) is 41.8 Å². The molecule has 1 fully saturated rings. The minimum Gasteiger partial charge on any atom is -0.481 e. The smallest absolute Gasteiger partial charge is 0.403 e. The zero-order valence-electron chi connectivity index (χ0n) is 9.13. The van der Waals surface area contributed by atoms with Crippen molar-refractivity contribution in [2.75, 3.05) is 19.6 Å². The number of piperidine rings is 1. The number of nitrogens with zero attached hydrogens (tertiary/aromatic N) is 1. The zero-order chi connectivity index (χ0) is 12.3. The number of carbonyl (C=O) groups is 1. The fourth-order valence-corrected chi connectivity index (χ4v) is 1.82. The van der Waals surface area contributed by atoms with Gasteiger partial charge in [0.2, 0.25) is 0 Å². The second kappa shape index (κ2) is 5.03. The Kier molecular flexibility index (Phi) is 4.18. The highest BCUT2D eigenvalue weighted by molar-refractivity contribution is 5.71. The molecule has 0 bridgehead atoms. The van der Waals surface area contributed by atoms with Crippen molar-refractivity contribution >= 4 is 5.97 Å². The molecule has 1 saturated heterocycles. The Bertz CT molecular complexity index is 247. The minimum atomic E-state index is -4.66. The van der Waals surface area contributed by atoms with Crippen molar-refractivity contribution in [1.82, 2.24) is 4.90 Å². The summed E-state index contributed by atoms with van der Waals surface area (Å²) in [5, 5.41) is 8.54. The average molecular weight is 239 g/mol. The van der Waals surface area contributed by atoms with Crippen LogP contribution in [0.25, 0.3) is 0 Å². The highest BCUT2D eigenvalue weighted by Gasteiger charge is 2.46. The number of likely N-dealkylation sites (tertiary alicyclic amines) is 1. The summed E-state index contributed by atoms with van der Waals surface area (Å²) in [6.07, 6.45) is -2.98. The maximum absolute atomic E-state index is 12.4. The summed E-state index contributed by atoms with van der Waals surface area (Å²) < 4.78 is 37.2. The summed E-state index contributed by atoms with van der Waals surface area (Å²) in [6.45, 7) is 2.74. The summed E-state index contributed by atoms with van der Waals surface area (Å²) in [7, 11) is 0. The van der Waals surface area contributed by atoms with Crippen LogP contribution < -0.4 is 0 Å². The van der Waals surface area contributed by atoms with E-state index in [0.717, 1.165) is 12.8 Å². The highest BCUT2D eigenvalue weighted by Crippen LogP contribution is 2.28. The SMILES string of the molecule is CC1CCN(CC(C(=O)O)C(F)(F)F)CC1. The minimum absolute atomic E-state index is 0.425. The van der Waals surface area contributed by atoms with Crippen molar-refractivity contribution in [2.24, 2.45) is 11.8 Å². The van der Waals surface area contributed by atoms with Gasteiger partial charge in [-0.2, -0.15) is 13.2 Å². The van der Waals surface area contributed by atoms with Crippen LogP contribution in [0.1, 0.15) is 19.8 Å².